The Labute approximate surface area is 194 Å². The van der Waals surface area contributed by atoms with Crippen molar-refractivity contribution >= 4 is 12.2 Å². The fourth-order valence-corrected chi connectivity index (χ4v) is 5.46. The second-order valence-electron chi connectivity index (χ2n) is 9.37. The van der Waals surface area contributed by atoms with Crippen LogP contribution in [0.5, 0.6) is 0 Å². The molecule has 0 saturated heterocycles. The Balaban J connectivity index is 1.66. The molecule has 164 valence electrons. The predicted octanol–water partition coefficient (Wildman–Crippen LogP) is 8.93. The van der Waals surface area contributed by atoms with Crippen molar-refractivity contribution in [3.63, 3.8) is 0 Å². The lowest BCUT2D eigenvalue weighted by molar-refractivity contribution is 0.466. The monoisotopic (exact) mass is 420 g/mol. The van der Waals surface area contributed by atoms with Crippen molar-refractivity contribution in [1.82, 2.24) is 0 Å². The highest BCUT2D eigenvalue weighted by atomic mass is 14.3. The zero-order valence-electron chi connectivity index (χ0n) is 19.7. The smallest absolute Gasteiger partial charge is 0.0150 e. The summed E-state index contributed by atoms with van der Waals surface area (Å²) in [5, 5.41) is 0. The van der Waals surface area contributed by atoms with Gasteiger partial charge in [0, 0.05) is 0 Å². The summed E-state index contributed by atoms with van der Waals surface area (Å²) in [5.74, 6) is 1.53. The standard InChI is InChI=1S/C32H36/c1-5-24-12-8-10-14-31(24)23(4)20-30(29-19-17-27-16-18-28(27)22-29)21-26(7-3)32-15-11-9-13-25(32)6-2/h5-6,8-15,17,19,22-23,26,30H,1-2,7,16,18,20-21H2,3-4H3. The van der Waals surface area contributed by atoms with Crippen molar-refractivity contribution in [2.45, 2.75) is 63.7 Å². The largest absolute Gasteiger partial charge is 0.0985 e. The summed E-state index contributed by atoms with van der Waals surface area (Å²) in [6, 6.07) is 24.8. The first-order valence-corrected chi connectivity index (χ1v) is 12.2. The van der Waals surface area contributed by atoms with Crippen LogP contribution in [0.25, 0.3) is 12.2 Å². The number of hydrogen-bond acceptors (Lipinski definition) is 0. The molecule has 0 radical (unpaired) electrons. The average Bonchev–Trinajstić information content (AvgIpc) is 2.82. The highest BCUT2D eigenvalue weighted by Crippen LogP contribution is 2.41. The zero-order valence-corrected chi connectivity index (χ0v) is 19.7. The van der Waals surface area contributed by atoms with Crippen LogP contribution in [-0.2, 0) is 12.8 Å². The van der Waals surface area contributed by atoms with Crippen LogP contribution in [0.1, 0.15) is 89.8 Å². The third-order valence-corrected chi connectivity index (χ3v) is 7.47. The summed E-state index contributed by atoms with van der Waals surface area (Å²) in [5.41, 5.74) is 10.0. The summed E-state index contributed by atoms with van der Waals surface area (Å²) in [6.45, 7) is 12.8. The Morgan fingerprint density at radius 3 is 1.97 bits per heavy atom. The molecule has 0 aromatic heterocycles. The minimum absolute atomic E-state index is 0.479. The van der Waals surface area contributed by atoms with Gasteiger partial charge >= 0.3 is 0 Å². The summed E-state index contributed by atoms with van der Waals surface area (Å²) in [6.07, 6.45) is 9.96. The van der Waals surface area contributed by atoms with Crippen molar-refractivity contribution in [1.29, 1.82) is 0 Å². The predicted molar refractivity (Wildman–Crippen MR) is 140 cm³/mol. The van der Waals surface area contributed by atoms with Crippen LogP contribution in [0.15, 0.2) is 79.9 Å². The lowest BCUT2D eigenvalue weighted by Crippen LogP contribution is -2.14. The molecule has 3 aromatic carbocycles. The molecule has 1 aliphatic rings. The van der Waals surface area contributed by atoms with Crippen molar-refractivity contribution in [2.24, 2.45) is 0 Å². The molecule has 3 unspecified atom stereocenters. The van der Waals surface area contributed by atoms with Crippen LogP contribution in [0.3, 0.4) is 0 Å². The van der Waals surface area contributed by atoms with Gasteiger partial charge in [-0.3, -0.25) is 0 Å². The second kappa shape index (κ2) is 10.2. The van der Waals surface area contributed by atoms with Crippen LogP contribution in [0.2, 0.25) is 0 Å². The van der Waals surface area contributed by atoms with Gasteiger partial charge in [-0.1, -0.05) is 106 Å². The van der Waals surface area contributed by atoms with E-state index in [1.54, 1.807) is 11.1 Å². The lowest BCUT2D eigenvalue weighted by atomic mass is 9.75. The van der Waals surface area contributed by atoms with Gasteiger partial charge in [0.15, 0.2) is 0 Å². The van der Waals surface area contributed by atoms with Crippen LogP contribution in [-0.4, -0.2) is 0 Å². The van der Waals surface area contributed by atoms with Crippen molar-refractivity contribution in [3.05, 3.63) is 119 Å². The highest BCUT2D eigenvalue weighted by Gasteiger charge is 2.25. The molecule has 0 spiro atoms. The molecule has 1 aliphatic carbocycles. The molecule has 0 bridgehead atoms. The zero-order chi connectivity index (χ0) is 22.5. The minimum Gasteiger partial charge on any atom is -0.0985 e. The van der Waals surface area contributed by atoms with Gasteiger partial charge in [0.1, 0.15) is 0 Å². The second-order valence-corrected chi connectivity index (χ2v) is 9.37. The minimum atomic E-state index is 0.479. The third kappa shape index (κ3) is 4.65. The van der Waals surface area contributed by atoms with Gasteiger partial charge in [0.2, 0.25) is 0 Å². The Morgan fingerprint density at radius 2 is 1.38 bits per heavy atom. The van der Waals surface area contributed by atoms with Crippen molar-refractivity contribution in [2.75, 3.05) is 0 Å². The fraction of sp³-hybridized carbons (Fsp3) is 0.312. The Kier molecular flexibility index (Phi) is 7.10. The van der Waals surface area contributed by atoms with Gasteiger partial charge < -0.3 is 0 Å². The van der Waals surface area contributed by atoms with Crippen LogP contribution < -0.4 is 0 Å². The van der Waals surface area contributed by atoms with E-state index in [0.29, 0.717) is 17.8 Å². The van der Waals surface area contributed by atoms with Gasteiger partial charge in [-0.2, -0.15) is 0 Å². The van der Waals surface area contributed by atoms with Crippen LogP contribution in [0, 0.1) is 0 Å². The molecule has 0 aliphatic heterocycles. The highest BCUT2D eigenvalue weighted by molar-refractivity contribution is 5.54. The molecule has 3 atom stereocenters. The molecular weight excluding hydrogens is 384 g/mol. The quantitative estimate of drug-likeness (QED) is 0.307. The van der Waals surface area contributed by atoms with E-state index in [2.05, 4.69) is 93.7 Å². The van der Waals surface area contributed by atoms with Gasteiger partial charge in [-0.05, 0) is 88.8 Å². The Bertz CT molecular complexity index is 1090. The summed E-state index contributed by atoms with van der Waals surface area (Å²) < 4.78 is 0. The van der Waals surface area contributed by atoms with Gasteiger partial charge in [-0.25, -0.2) is 0 Å². The van der Waals surface area contributed by atoms with E-state index in [4.69, 9.17) is 0 Å². The van der Waals surface area contributed by atoms with E-state index in [1.807, 2.05) is 12.2 Å². The van der Waals surface area contributed by atoms with E-state index >= 15 is 0 Å². The number of hydrogen-bond donors (Lipinski definition) is 0. The third-order valence-electron chi connectivity index (χ3n) is 7.47. The maximum absolute atomic E-state index is 4.07. The van der Waals surface area contributed by atoms with E-state index in [9.17, 15) is 0 Å². The topological polar surface area (TPSA) is 0 Å². The lowest BCUT2D eigenvalue weighted by Gasteiger charge is -2.29. The number of aryl methyl sites for hydroxylation is 2. The molecule has 0 nitrogen and oxygen atoms in total. The average molecular weight is 421 g/mol. The van der Waals surface area contributed by atoms with Crippen molar-refractivity contribution < 1.29 is 0 Å². The molecule has 0 N–H and O–H groups in total. The normalized spacial score (nSPS) is 15.2. The SMILES string of the molecule is C=Cc1ccccc1C(C)CC(CC(CC)c1ccccc1C=C)c1ccc2c(c1)CC2. The molecule has 0 saturated carbocycles. The van der Waals surface area contributed by atoms with E-state index < -0.39 is 0 Å². The molecular formula is C32H36. The first-order chi connectivity index (χ1) is 15.6. The molecule has 0 amide bonds. The van der Waals surface area contributed by atoms with Gasteiger partial charge in [0.25, 0.3) is 0 Å². The molecule has 0 heterocycles. The van der Waals surface area contributed by atoms with Gasteiger partial charge in [-0.15, -0.1) is 0 Å². The molecule has 32 heavy (non-hydrogen) atoms. The number of rotatable bonds is 10. The molecule has 0 heteroatoms. The van der Waals surface area contributed by atoms with E-state index in [0.717, 1.165) is 12.8 Å². The maximum Gasteiger partial charge on any atom is -0.0150 e. The van der Waals surface area contributed by atoms with E-state index in [-0.39, 0.29) is 0 Å². The first-order valence-electron chi connectivity index (χ1n) is 12.2. The summed E-state index contributed by atoms with van der Waals surface area (Å²) >= 11 is 0. The first kappa shape index (κ1) is 22.3. The maximum atomic E-state index is 4.07. The van der Waals surface area contributed by atoms with Gasteiger partial charge in [0.05, 0.1) is 0 Å². The summed E-state index contributed by atoms with van der Waals surface area (Å²) in [4.78, 5) is 0. The molecule has 3 aromatic rings. The van der Waals surface area contributed by atoms with Crippen LogP contribution >= 0.6 is 0 Å². The fourth-order valence-electron chi connectivity index (χ4n) is 5.46. The van der Waals surface area contributed by atoms with Crippen molar-refractivity contribution in [3.8, 4) is 0 Å². The number of benzene rings is 3. The Morgan fingerprint density at radius 1 is 0.750 bits per heavy atom. The Hall–Kier alpha value is -2.86. The van der Waals surface area contributed by atoms with Crippen LogP contribution in [0.4, 0.5) is 0 Å². The molecule has 4 rings (SSSR count). The van der Waals surface area contributed by atoms with E-state index in [1.165, 1.54) is 47.1 Å². The number of fused-ring (bicyclic) bond motifs is 1. The summed E-state index contributed by atoms with van der Waals surface area (Å²) in [7, 11) is 0. The molecule has 0 fully saturated rings.